The van der Waals surface area contributed by atoms with Crippen LogP contribution in [0.1, 0.15) is 33.3 Å². The molecule has 2 aromatic carbocycles. The predicted octanol–water partition coefficient (Wildman–Crippen LogP) is 4.15. The molecule has 0 atom stereocenters. The van der Waals surface area contributed by atoms with Gasteiger partial charge >= 0.3 is 7.12 Å². The van der Waals surface area contributed by atoms with Crippen molar-refractivity contribution >= 4 is 17.9 Å². The third kappa shape index (κ3) is 2.47. The third-order valence-electron chi connectivity index (χ3n) is 4.65. The van der Waals surface area contributed by atoms with E-state index in [1.165, 1.54) is 6.07 Å². The van der Waals surface area contributed by atoms with Crippen molar-refractivity contribution in [3.05, 3.63) is 47.8 Å². The van der Waals surface area contributed by atoms with Crippen LogP contribution in [0, 0.1) is 5.82 Å². The lowest BCUT2D eigenvalue weighted by atomic mass is 9.79. The highest BCUT2D eigenvalue weighted by molar-refractivity contribution is 6.45. The fraction of sp³-hybridized carbons (Fsp3) is 0.412. The highest BCUT2D eigenvalue weighted by Gasteiger charge is 2.50. The van der Waals surface area contributed by atoms with Crippen molar-refractivity contribution in [2.45, 2.75) is 45.2 Å². The molecule has 0 N–H and O–H groups in total. The molecule has 0 spiro atoms. The Labute approximate surface area is 125 Å². The first kappa shape index (κ1) is 14.5. The Morgan fingerprint density at radius 2 is 1.48 bits per heavy atom. The van der Waals surface area contributed by atoms with E-state index in [4.69, 9.17) is 9.31 Å². The van der Waals surface area contributed by atoms with Gasteiger partial charge in [-0.3, -0.25) is 0 Å². The maximum atomic E-state index is 13.9. The molecular formula is C17H20BFO2. The molecule has 1 fully saturated rings. The SMILES string of the molecule is CC1(C)OB(Cc2ccc(F)c3ccccc23)OC1(C)C. The monoisotopic (exact) mass is 286 g/mol. The van der Waals surface area contributed by atoms with Crippen LogP contribution < -0.4 is 0 Å². The van der Waals surface area contributed by atoms with E-state index in [0.29, 0.717) is 11.7 Å². The van der Waals surface area contributed by atoms with Gasteiger partial charge in [-0.25, -0.2) is 4.39 Å². The Bertz CT molecular complexity index is 666. The molecule has 0 unspecified atom stereocenters. The lowest BCUT2D eigenvalue weighted by Crippen LogP contribution is -2.41. The summed E-state index contributed by atoms with van der Waals surface area (Å²) < 4.78 is 25.9. The molecule has 4 heteroatoms. The van der Waals surface area contributed by atoms with Crippen molar-refractivity contribution in [3.63, 3.8) is 0 Å². The van der Waals surface area contributed by atoms with Gasteiger partial charge in [-0.15, -0.1) is 0 Å². The first-order valence-electron chi connectivity index (χ1n) is 7.32. The lowest BCUT2D eigenvalue weighted by molar-refractivity contribution is 0.00578. The molecule has 3 rings (SSSR count). The van der Waals surface area contributed by atoms with Crippen LogP contribution in [-0.4, -0.2) is 18.3 Å². The number of rotatable bonds is 2. The number of fused-ring (bicyclic) bond motifs is 1. The molecule has 0 saturated carbocycles. The van der Waals surface area contributed by atoms with E-state index in [1.54, 1.807) is 6.07 Å². The molecule has 0 amide bonds. The van der Waals surface area contributed by atoms with Gasteiger partial charge in [-0.1, -0.05) is 30.3 Å². The summed E-state index contributed by atoms with van der Waals surface area (Å²) in [5, 5.41) is 1.57. The summed E-state index contributed by atoms with van der Waals surface area (Å²) in [5.74, 6) is -0.191. The van der Waals surface area contributed by atoms with E-state index in [1.807, 2.05) is 52.0 Å². The van der Waals surface area contributed by atoms with Crippen molar-refractivity contribution in [2.75, 3.05) is 0 Å². The third-order valence-corrected chi connectivity index (χ3v) is 4.65. The highest BCUT2D eigenvalue weighted by atomic mass is 19.1. The molecule has 1 aliphatic rings. The summed E-state index contributed by atoms with van der Waals surface area (Å²) in [6.45, 7) is 8.15. The quantitative estimate of drug-likeness (QED) is 0.772. The molecule has 2 aromatic rings. The first-order chi connectivity index (χ1) is 9.80. The van der Waals surface area contributed by atoms with Gasteiger partial charge in [0.25, 0.3) is 0 Å². The molecule has 1 heterocycles. The van der Waals surface area contributed by atoms with Gasteiger partial charge in [0.1, 0.15) is 5.82 Å². The molecule has 1 saturated heterocycles. The van der Waals surface area contributed by atoms with Crippen LogP contribution in [0.4, 0.5) is 4.39 Å². The zero-order valence-corrected chi connectivity index (χ0v) is 12.9. The Hall–Kier alpha value is -1.39. The fourth-order valence-corrected chi connectivity index (χ4v) is 2.73. The minimum absolute atomic E-state index is 0.191. The van der Waals surface area contributed by atoms with Crippen LogP contribution >= 0.6 is 0 Å². The van der Waals surface area contributed by atoms with Crippen molar-refractivity contribution in [3.8, 4) is 0 Å². The average molecular weight is 286 g/mol. The van der Waals surface area contributed by atoms with Crippen molar-refractivity contribution < 1.29 is 13.7 Å². The maximum Gasteiger partial charge on any atom is 0.462 e. The van der Waals surface area contributed by atoms with E-state index in [9.17, 15) is 4.39 Å². The van der Waals surface area contributed by atoms with Gasteiger partial charge in [0.2, 0.25) is 0 Å². The molecule has 2 nitrogen and oxygen atoms in total. The van der Waals surface area contributed by atoms with E-state index >= 15 is 0 Å². The molecule has 110 valence electrons. The maximum absolute atomic E-state index is 13.9. The molecule has 0 aliphatic carbocycles. The van der Waals surface area contributed by atoms with Crippen molar-refractivity contribution in [2.24, 2.45) is 0 Å². The van der Waals surface area contributed by atoms with Crippen molar-refractivity contribution in [1.29, 1.82) is 0 Å². The second-order valence-corrected chi connectivity index (χ2v) is 6.64. The van der Waals surface area contributed by atoms with Crippen molar-refractivity contribution in [1.82, 2.24) is 0 Å². The molecule has 0 bridgehead atoms. The molecule has 0 radical (unpaired) electrons. The van der Waals surface area contributed by atoms with Crippen LogP contribution in [0.3, 0.4) is 0 Å². The fourth-order valence-electron chi connectivity index (χ4n) is 2.73. The van der Waals surface area contributed by atoms with Crippen LogP contribution in [0.15, 0.2) is 36.4 Å². The zero-order chi connectivity index (χ0) is 15.3. The number of halogens is 1. The summed E-state index contributed by atoms with van der Waals surface area (Å²) in [6, 6.07) is 10.9. The minimum atomic E-state index is -0.340. The molecular weight excluding hydrogens is 266 g/mol. The summed E-state index contributed by atoms with van der Waals surface area (Å²) >= 11 is 0. The Kier molecular flexibility index (Phi) is 3.34. The molecule has 21 heavy (non-hydrogen) atoms. The Morgan fingerprint density at radius 1 is 0.905 bits per heavy atom. The van der Waals surface area contributed by atoms with Crippen LogP contribution in [0.5, 0.6) is 0 Å². The van der Waals surface area contributed by atoms with Gasteiger partial charge in [-0.05, 0) is 44.7 Å². The number of benzene rings is 2. The van der Waals surface area contributed by atoms with E-state index in [-0.39, 0.29) is 24.1 Å². The normalized spacial score (nSPS) is 20.1. The Balaban J connectivity index is 1.92. The van der Waals surface area contributed by atoms with Gasteiger partial charge in [0.15, 0.2) is 0 Å². The van der Waals surface area contributed by atoms with E-state index < -0.39 is 0 Å². The molecule has 1 aliphatic heterocycles. The Morgan fingerprint density at radius 3 is 2.10 bits per heavy atom. The second kappa shape index (κ2) is 4.82. The first-order valence-corrected chi connectivity index (χ1v) is 7.32. The highest BCUT2D eigenvalue weighted by Crippen LogP contribution is 2.38. The van der Waals surface area contributed by atoms with Crippen LogP contribution in [-0.2, 0) is 15.6 Å². The molecule has 0 aromatic heterocycles. The van der Waals surface area contributed by atoms with Gasteiger partial charge < -0.3 is 9.31 Å². The lowest BCUT2D eigenvalue weighted by Gasteiger charge is -2.32. The average Bonchev–Trinajstić information content (AvgIpc) is 2.61. The topological polar surface area (TPSA) is 18.5 Å². The van der Waals surface area contributed by atoms with Crippen LogP contribution in [0.2, 0.25) is 0 Å². The van der Waals surface area contributed by atoms with Gasteiger partial charge in [-0.2, -0.15) is 0 Å². The predicted molar refractivity (Wildman–Crippen MR) is 83.7 cm³/mol. The second-order valence-electron chi connectivity index (χ2n) is 6.64. The minimum Gasteiger partial charge on any atom is -0.403 e. The van der Waals surface area contributed by atoms with Gasteiger partial charge in [0, 0.05) is 11.7 Å². The van der Waals surface area contributed by atoms with Crippen LogP contribution in [0.25, 0.3) is 10.8 Å². The summed E-state index contributed by atoms with van der Waals surface area (Å²) in [7, 11) is -0.302. The summed E-state index contributed by atoms with van der Waals surface area (Å²) in [4.78, 5) is 0. The largest absolute Gasteiger partial charge is 0.462 e. The van der Waals surface area contributed by atoms with Gasteiger partial charge in [0.05, 0.1) is 11.2 Å². The zero-order valence-electron chi connectivity index (χ0n) is 12.9. The number of hydrogen-bond donors (Lipinski definition) is 0. The summed E-state index contributed by atoms with van der Waals surface area (Å²) in [6.07, 6.45) is 0.619. The smallest absolute Gasteiger partial charge is 0.403 e. The van der Waals surface area contributed by atoms with E-state index in [2.05, 4.69) is 0 Å². The number of hydrogen-bond acceptors (Lipinski definition) is 2. The van der Waals surface area contributed by atoms with E-state index in [0.717, 1.165) is 10.9 Å². The summed E-state index contributed by atoms with van der Waals surface area (Å²) in [5.41, 5.74) is 0.367. The standard InChI is InChI=1S/C17H20BFO2/c1-16(2)17(3,4)21-18(20-16)11-12-9-10-15(19)14-8-6-5-7-13(12)14/h5-10H,11H2,1-4H3.